The minimum Gasteiger partial charge on any atom is -0.402 e. The van der Waals surface area contributed by atoms with Crippen molar-refractivity contribution in [3.63, 3.8) is 0 Å². The fourth-order valence-electron chi connectivity index (χ4n) is 4.13. The van der Waals surface area contributed by atoms with Gasteiger partial charge in [0.1, 0.15) is 5.69 Å². The SMILES string of the molecule is OC1Nc2ccccc2C(c2ccccc2)=NC1Nc1nnc(-c2ncsc2C2=CCOCC2)o1. The molecule has 0 fully saturated rings. The molecule has 0 radical (unpaired) electrons. The third-order valence-electron chi connectivity index (χ3n) is 5.82. The molecule has 176 valence electrons. The minimum atomic E-state index is -1.03. The van der Waals surface area contributed by atoms with Gasteiger partial charge in [-0.1, -0.05) is 59.7 Å². The number of hydrogen-bond donors (Lipinski definition) is 3. The quantitative estimate of drug-likeness (QED) is 0.387. The van der Waals surface area contributed by atoms with Crippen LogP contribution in [0.2, 0.25) is 0 Å². The zero-order valence-electron chi connectivity index (χ0n) is 18.6. The Morgan fingerprint density at radius 3 is 2.77 bits per heavy atom. The number of benzodiazepines with no additional fused rings is 1. The molecule has 6 rings (SSSR count). The number of aliphatic hydroxyl groups is 1. The Bertz CT molecular complexity index is 1400. The van der Waals surface area contributed by atoms with Gasteiger partial charge in [-0.05, 0) is 18.1 Å². The standard InChI is InChI=1S/C25H22N6O3S/c32-23-22(28-19(15-6-2-1-3-7-15)17-8-4-5-9-18(17)27-23)29-25-31-30-24(34-25)20-21(35-14-26-20)16-10-12-33-13-11-16/h1-10,14,22-23,27,32H,11-13H2,(H,29,31). The van der Waals surface area contributed by atoms with Crippen LogP contribution in [0.5, 0.6) is 0 Å². The molecule has 0 saturated heterocycles. The third-order valence-corrected chi connectivity index (χ3v) is 6.72. The van der Waals surface area contributed by atoms with Crippen LogP contribution < -0.4 is 10.6 Å². The van der Waals surface area contributed by atoms with Crippen LogP contribution in [0.25, 0.3) is 17.2 Å². The van der Waals surface area contributed by atoms with E-state index in [0.29, 0.717) is 24.8 Å². The molecular formula is C25H22N6O3S. The molecule has 35 heavy (non-hydrogen) atoms. The average Bonchev–Trinajstić information content (AvgIpc) is 3.55. The van der Waals surface area contributed by atoms with E-state index < -0.39 is 12.4 Å². The maximum absolute atomic E-state index is 10.9. The number of nitrogens with zero attached hydrogens (tertiary/aromatic N) is 4. The van der Waals surface area contributed by atoms with Crippen LogP contribution in [-0.4, -0.2) is 51.6 Å². The van der Waals surface area contributed by atoms with Crippen molar-refractivity contribution in [2.45, 2.75) is 18.8 Å². The van der Waals surface area contributed by atoms with Gasteiger partial charge in [-0.2, -0.15) is 0 Å². The van der Waals surface area contributed by atoms with Gasteiger partial charge in [0.15, 0.2) is 12.4 Å². The number of para-hydroxylation sites is 1. The second kappa shape index (κ2) is 9.41. The van der Waals surface area contributed by atoms with E-state index in [2.05, 4.69) is 31.9 Å². The molecule has 2 aliphatic heterocycles. The summed E-state index contributed by atoms with van der Waals surface area (Å²) in [6.45, 7) is 1.26. The van der Waals surface area contributed by atoms with Gasteiger partial charge >= 0.3 is 6.01 Å². The number of rotatable bonds is 5. The molecule has 2 aromatic heterocycles. The molecule has 4 heterocycles. The molecule has 0 bridgehead atoms. The number of aliphatic hydroxyl groups excluding tert-OH is 1. The Morgan fingerprint density at radius 2 is 1.91 bits per heavy atom. The van der Waals surface area contributed by atoms with Gasteiger partial charge in [0.25, 0.3) is 5.89 Å². The second-order valence-electron chi connectivity index (χ2n) is 8.06. The summed E-state index contributed by atoms with van der Waals surface area (Å²) in [5, 5.41) is 25.5. The Labute approximate surface area is 205 Å². The lowest BCUT2D eigenvalue weighted by atomic mass is 10.0. The zero-order valence-corrected chi connectivity index (χ0v) is 19.4. The number of hydrogen-bond acceptors (Lipinski definition) is 10. The van der Waals surface area contributed by atoms with Gasteiger partial charge < -0.3 is 24.9 Å². The van der Waals surface area contributed by atoms with E-state index in [9.17, 15) is 5.11 Å². The van der Waals surface area contributed by atoms with Gasteiger partial charge in [-0.3, -0.25) is 4.99 Å². The first-order chi connectivity index (χ1) is 17.3. The van der Waals surface area contributed by atoms with Crippen molar-refractivity contribution in [3.05, 3.63) is 82.2 Å². The first-order valence-electron chi connectivity index (χ1n) is 11.2. The Kier molecular flexibility index (Phi) is 5.83. The van der Waals surface area contributed by atoms with Crippen molar-refractivity contribution < 1.29 is 14.3 Å². The molecular weight excluding hydrogens is 464 g/mol. The van der Waals surface area contributed by atoms with E-state index in [4.69, 9.17) is 14.1 Å². The minimum absolute atomic E-state index is 0.146. The number of aromatic nitrogens is 3. The van der Waals surface area contributed by atoms with Crippen molar-refractivity contribution in [2.24, 2.45) is 4.99 Å². The topological polar surface area (TPSA) is 118 Å². The first-order valence-corrected chi connectivity index (χ1v) is 12.1. The highest BCUT2D eigenvalue weighted by Crippen LogP contribution is 2.34. The second-order valence-corrected chi connectivity index (χ2v) is 8.92. The largest absolute Gasteiger partial charge is 0.402 e. The summed E-state index contributed by atoms with van der Waals surface area (Å²) in [5.41, 5.74) is 6.94. The van der Waals surface area contributed by atoms with Crippen molar-refractivity contribution >= 4 is 34.3 Å². The van der Waals surface area contributed by atoms with Gasteiger partial charge in [-0.15, -0.1) is 16.4 Å². The summed E-state index contributed by atoms with van der Waals surface area (Å²) in [7, 11) is 0. The van der Waals surface area contributed by atoms with Crippen molar-refractivity contribution in [1.29, 1.82) is 0 Å². The van der Waals surface area contributed by atoms with Crippen LogP contribution in [0, 0.1) is 0 Å². The molecule has 2 atom stereocenters. The molecule has 0 saturated carbocycles. The molecule has 9 nitrogen and oxygen atoms in total. The van der Waals surface area contributed by atoms with Gasteiger partial charge in [0.05, 0.1) is 29.3 Å². The van der Waals surface area contributed by atoms with Crippen molar-refractivity contribution in [2.75, 3.05) is 23.8 Å². The predicted molar refractivity (Wildman–Crippen MR) is 134 cm³/mol. The fourth-order valence-corrected chi connectivity index (χ4v) is 4.99. The normalized spacial score (nSPS) is 19.7. The molecule has 10 heteroatoms. The monoisotopic (exact) mass is 486 g/mol. The highest BCUT2D eigenvalue weighted by atomic mass is 32.1. The van der Waals surface area contributed by atoms with Crippen LogP contribution >= 0.6 is 11.3 Å². The van der Waals surface area contributed by atoms with Crippen LogP contribution in [-0.2, 0) is 4.74 Å². The van der Waals surface area contributed by atoms with E-state index >= 15 is 0 Å². The Balaban J connectivity index is 1.31. The van der Waals surface area contributed by atoms with Crippen LogP contribution in [0.3, 0.4) is 0 Å². The lowest BCUT2D eigenvalue weighted by Crippen LogP contribution is -2.37. The predicted octanol–water partition coefficient (Wildman–Crippen LogP) is 4.02. The number of anilines is 2. The number of fused-ring (bicyclic) bond motifs is 1. The number of nitrogens with one attached hydrogen (secondary N) is 2. The van der Waals surface area contributed by atoms with Crippen LogP contribution in [0.1, 0.15) is 22.4 Å². The zero-order chi connectivity index (χ0) is 23.6. The van der Waals surface area contributed by atoms with E-state index in [1.54, 1.807) is 5.51 Å². The molecule has 2 unspecified atom stereocenters. The maximum Gasteiger partial charge on any atom is 0.317 e. The first kappa shape index (κ1) is 21.7. The van der Waals surface area contributed by atoms with Gasteiger partial charge in [0, 0.05) is 16.8 Å². The third kappa shape index (κ3) is 4.34. The highest BCUT2D eigenvalue weighted by molar-refractivity contribution is 7.11. The number of aliphatic imine (C=N–C) groups is 1. The summed E-state index contributed by atoms with van der Waals surface area (Å²) in [5.74, 6) is 0.308. The molecule has 2 aliphatic rings. The molecule has 0 spiro atoms. The molecule has 4 aromatic rings. The Morgan fingerprint density at radius 1 is 1.06 bits per heavy atom. The van der Waals surface area contributed by atoms with Gasteiger partial charge in [0.2, 0.25) is 0 Å². The van der Waals surface area contributed by atoms with Crippen molar-refractivity contribution in [3.8, 4) is 11.6 Å². The summed E-state index contributed by atoms with van der Waals surface area (Å²) in [6, 6.07) is 17.8. The number of thiazole rings is 1. The summed E-state index contributed by atoms with van der Waals surface area (Å²) >= 11 is 1.53. The maximum atomic E-state index is 10.9. The number of benzene rings is 2. The average molecular weight is 487 g/mol. The number of ether oxygens (including phenoxy) is 1. The van der Waals surface area contributed by atoms with E-state index in [-0.39, 0.29) is 6.01 Å². The molecule has 3 N–H and O–H groups in total. The molecule has 0 aliphatic carbocycles. The molecule has 0 amide bonds. The van der Waals surface area contributed by atoms with Gasteiger partial charge in [-0.25, -0.2) is 4.98 Å². The summed E-state index contributed by atoms with van der Waals surface area (Å²) in [4.78, 5) is 10.3. The van der Waals surface area contributed by atoms with Crippen LogP contribution in [0.4, 0.5) is 11.7 Å². The van der Waals surface area contributed by atoms with E-state index in [1.165, 1.54) is 16.9 Å². The van der Waals surface area contributed by atoms with E-state index in [0.717, 1.165) is 33.8 Å². The highest BCUT2D eigenvalue weighted by Gasteiger charge is 2.28. The molecule has 2 aromatic carbocycles. The smallest absolute Gasteiger partial charge is 0.317 e. The van der Waals surface area contributed by atoms with E-state index in [1.807, 2.05) is 54.6 Å². The summed E-state index contributed by atoms with van der Waals surface area (Å²) in [6.07, 6.45) is 1.06. The van der Waals surface area contributed by atoms with Crippen molar-refractivity contribution in [1.82, 2.24) is 15.2 Å². The van der Waals surface area contributed by atoms with Crippen LogP contribution in [0.15, 0.2) is 75.6 Å². The Hall–Kier alpha value is -3.86. The lowest BCUT2D eigenvalue weighted by Gasteiger charge is -2.19. The fraction of sp³-hybridized carbons (Fsp3) is 0.200. The summed E-state index contributed by atoms with van der Waals surface area (Å²) < 4.78 is 11.3. The lowest BCUT2D eigenvalue weighted by molar-refractivity contribution is 0.161.